The maximum absolute atomic E-state index is 13.9. The zero-order chi connectivity index (χ0) is 29.9. The molecule has 1 saturated carbocycles. The molecule has 0 aromatic heterocycles. The summed E-state index contributed by atoms with van der Waals surface area (Å²) in [6.45, 7) is 2.38. The van der Waals surface area contributed by atoms with Crippen molar-refractivity contribution in [1.29, 1.82) is 0 Å². The first-order valence-corrected chi connectivity index (χ1v) is 16.6. The number of nitrogens with zero attached hydrogens (tertiary/aromatic N) is 5. The van der Waals surface area contributed by atoms with Crippen molar-refractivity contribution in [2.75, 3.05) is 50.3 Å². The largest absolute Gasteiger partial charge is 0.335 e. The number of imide groups is 1. The fourth-order valence-corrected chi connectivity index (χ4v) is 7.56. The molecule has 2 heterocycles. The van der Waals surface area contributed by atoms with E-state index >= 15 is 0 Å². The van der Waals surface area contributed by atoms with Crippen LogP contribution in [0.4, 0.5) is 10.5 Å². The first-order valence-electron chi connectivity index (χ1n) is 14.8. The third-order valence-corrected chi connectivity index (χ3v) is 10.1. The molecule has 2 fully saturated rings. The number of likely N-dealkylation sites (N-methyl/N-ethyl adjacent to an activating group) is 1. The molecule has 2 aromatic carbocycles. The Balaban J connectivity index is 1.43. The Hall–Kier alpha value is -3.44. The third-order valence-electron chi connectivity index (χ3n) is 8.92. The maximum Gasteiger partial charge on any atom is 0.327 e. The molecule has 226 valence electrons. The van der Waals surface area contributed by atoms with E-state index in [2.05, 4.69) is 17.0 Å². The van der Waals surface area contributed by atoms with Crippen molar-refractivity contribution in [3.05, 3.63) is 65.7 Å². The molecule has 0 bridgehead atoms. The number of benzene rings is 2. The van der Waals surface area contributed by atoms with Gasteiger partial charge in [-0.15, -0.1) is 0 Å². The van der Waals surface area contributed by atoms with Gasteiger partial charge in [0, 0.05) is 46.3 Å². The minimum absolute atomic E-state index is 0.164. The molecule has 4 amide bonds. The number of anilines is 1. The van der Waals surface area contributed by atoms with Crippen molar-refractivity contribution < 1.29 is 22.8 Å². The third kappa shape index (κ3) is 6.17. The lowest BCUT2D eigenvalue weighted by Gasteiger charge is -2.35. The fourth-order valence-electron chi connectivity index (χ4n) is 6.57. The smallest absolute Gasteiger partial charge is 0.327 e. The number of hydrogen-bond acceptors (Lipinski definition) is 6. The minimum Gasteiger partial charge on any atom is -0.335 e. The minimum atomic E-state index is -3.58. The molecule has 1 saturated heterocycles. The zero-order valence-electron chi connectivity index (χ0n) is 24.6. The second-order valence-corrected chi connectivity index (χ2v) is 13.6. The van der Waals surface area contributed by atoms with E-state index < -0.39 is 21.6 Å². The number of rotatable bonds is 5. The van der Waals surface area contributed by atoms with Crippen LogP contribution in [0, 0.1) is 0 Å². The summed E-state index contributed by atoms with van der Waals surface area (Å²) in [5, 5.41) is 0. The van der Waals surface area contributed by atoms with E-state index in [0.29, 0.717) is 63.2 Å². The van der Waals surface area contributed by atoms with Crippen LogP contribution in [0.2, 0.25) is 0 Å². The standard InChI is InChI=1S/C31H41N5O5S/c1-32-30(39)35(29(38)31(32)16-9-4-10-17-31)24-28(37)34-21-20-33(22-25-12-5-3-6-13-25)18-11-19-36(42(2,40)41)27-15-8-7-14-26(27)23-34/h3,5-8,12-15H,4,9-11,16-24H2,1-2H3. The molecule has 10 nitrogen and oxygen atoms in total. The highest BCUT2D eigenvalue weighted by molar-refractivity contribution is 7.92. The van der Waals surface area contributed by atoms with Gasteiger partial charge in [0.15, 0.2) is 0 Å². The Morgan fingerprint density at radius 3 is 2.26 bits per heavy atom. The molecule has 2 aliphatic heterocycles. The van der Waals surface area contributed by atoms with Gasteiger partial charge in [-0.2, -0.15) is 0 Å². The van der Waals surface area contributed by atoms with E-state index in [1.54, 1.807) is 24.1 Å². The molecule has 1 spiro atoms. The highest BCUT2D eigenvalue weighted by Crippen LogP contribution is 2.39. The van der Waals surface area contributed by atoms with Gasteiger partial charge < -0.3 is 9.80 Å². The topological polar surface area (TPSA) is 102 Å². The van der Waals surface area contributed by atoms with Crippen LogP contribution < -0.4 is 4.31 Å². The van der Waals surface area contributed by atoms with E-state index in [-0.39, 0.29) is 24.9 Å². The van der Waals surface area contributed by atoms with Crippen LogP contribution in [0.1, 0.15) is 49.7 Å². The molecule has 11 heteroatoms. The Morgan fingerprint density at radius 2 is 1.55 bits per heavy atom. The molecule has 0 atom stereocenters. The van der Waals surface area contributed by atoms with Crippen molar-refractivity contribution in [3.8, 4) is 0 Å². The van der Waals surface area contributed by atoms with Crippen molar-refractivity contribution in [1.82, 2.24) is 19.6 Å². The van der Waals surface area contributed by atoms with Crippen LogP contribution in [0.25, 0.3) is 0 Å². The summed E-state index contributed by atoms with van der Waals surface area (Å²) in [6, 6.07) is 16.8. The summed E-state index contributed by atoms with van der Waals surface area (Å²) in [5.74, 6) is -0.618. The summed E-state index contributed by atoms with van der Waals surface area (Å²) >= 11 is 0. The van der Waals surface area contributed by atoms with Gasteiger partial charge in [-0.3, -0.25) is 23.7 Å². The number of carbonyl (C=O) groups excluding carboxylic acids is 3. The molecule has 0 radical (unpaired) electrons. The summed E-state index contributed by atoms with van der Waals surface area (Å²) in [5.41, 5.74) is 1.52. The summed E-state index contributed by atoms with van der Waals surface area (Å²) in [4.78, 5) is 47.4. The van der Waals surface area contributed by atoms with Crippen LogP contribution in [-0.2, 0) is 32.7 Å². The Bertz CT molecular complexity index is 1410. The average molecular weight is 596 g/mol. The van der Waals surface area contributed by atoms with Crippen LogP contribution in [-0.4, -0.2) is 97.4 Å². The Labute approximate surface area is 248 Å². The first kappa shape index (κ1) is 30.0. The van der Waals surface area contributed by atoms with E-state index in [0.717, 1.165) is 29.7 Å². The van der Waals surface area contributed by atoms with Gasteiger partial charge in [0.2, 0.25) is 15.9 Å². The lowest BCUT2D eigenvalue weighted by Crippen LogP contribution is -2.50. The lowest BCUT2D eigenvalue weighted by atomic mass is 9.81. The normalized spacial score (nSPS) is 20.5. The molecule has 42 heavy (non-hydrogen) atoms. The van der Waals surface area contributed by atoms with E-state index in [1.807, 2.05) is 30.3 Å². The zero-order valence-corrected chi connectivity index (χ0v) is 25.4. The van der Waals surface area contributed by atoms with Crippen LogP contribution in [0.3, 0.4) is 0 Å². The summed E-state index contributed by atoms with van der Waals surface area (Å²) < 4.78 is 27.2. The Kier molecular flexibility index (Phi) is 8.89. The number of amides is 4. The molecule has 0 N–H and O–H groups in total. The number of fused-ring (bicyclic) bond motifs is 1. The van der Waals surface area contributed by atoms with Gasteiger partial charge in [-0.25, -0.2) is 13.2 Å². The van der Waals surface area contributed by atoms with Gasteiger partial charge >= 0.3 is 6.03 Å². The van der Waals surface area contributed by atoms with Crippen LogP contribution in [0.15, 0.2) is 54.6 Å². The van der Waals surface area contributed by atoms with Gasteiger partial charge in [0.25, 0.3) is 5.91 Å². The monoisotopic (exact) mass is 595 g/mol. The quantitative estimate of drug-likeness (QED) is 0.492. The summed E-state index contributed by atoms with van der Waals surface area (Å²) in [7, 11) is -1.91. The summed E-state index contributed by atoms with van der Waals surface area (Å²) in [6.07, 6.45) is 5.85. The molecular formula is C31H41N5O5S. The van der Waals surface area contributed by atoms with E-state index in [9.17, 15) is 22.8 Å². The molecule has 5 rings (SSSR count). The van der Waals surface area contributed by atoms with Crippen molar-refractivity contribution in [2.45, 2.75) is 57.2 Å². The first-order chi connectivity index (χ1) is 20.1. The number of para-hydroxylation sites is 1. The highest BCUT2D eigenvalue weighted by Gasteiger charge is 2.56. The predicted octanol–water partition coefficient (Wildman–Crippen LogP) is 3.28. The molecule has 0 unspecified atom stereocenters. The predicted molar refractivity (Wildman–Crippen MR) is 161 cm³/mol. The number of carbonyl (C=O) groups is 3. The van der Waals surface area contributed by atoms with E-state index in [4.69, 9.17) is 0 Å². The van der Waals surface area contributed by atoms with Gasteiger partial charge in [-0.1, -0.05) is 67.8 Å². The molecule has 1 aliphatic carbocycles. The average Bonchev–Trinajstić information content (AvgIpc) is 3.12. The SMILES string of the molecule is CN1C(=O)N(CC(=O)N2CCN(Cc3ccccc3)CCCN(S(C)(=O)=O)c3ccccc3C2)C(=O)C12CCCCC2. The van der Waals surface area contributed by atoms with Crippen molar-refractivity contribution in [2.24, 2.45) is 0 Å². The van der Waals surface area contributed by atoms with Crippen LogP contribution in [0.5, 0.6) is 0 Å². The highest BCUT2D eigenvalue weighted by atomic mass is 32.2. The molecule has 2 aromatic rings. The van der Waals surface area contributed by atoms with Gasteiger partial charge in [0.05, 0.1) is 11.9 Å². The second kappa shape index (κ2) is 12.4. The number of hydrogen-bond donors (Lipinski definition) is 0. The van der Waals surface area contributed by atoms with Crippen molar-refractivity contribution >= 4 is 33.6 Å². The van der Waals surface area contributed by atoms with Crippen LogP contribution >= 0.6 is 0 Å². The van der Waals surface area contributed by atoms with Crippen molar-refractivity contribution in [3.63, 3.8) is 0 Å². The molecular weight excluding hydrogens is 554 g/mol. The number of sulfonamides is 1. The second-order valence-electron chi connectivity index (χ2n) is 11.7. The molecule has 3 aliphatic rings. The lowest BCUT2D eigenvalue weighted by molar-refractivity contribution is -0.140. The van der Waals surface area contributed by atoms with Gasteiger partial charge in [0.1, 0.15) is 12.1 Å². The van der Waals surface area contributed by atoms with Gasteiger partial charge in [-0.05, 0) is 36.5 Å². The maximum atomic E-state index is 13.9. The fraction of sp³-hybridized carbons (Fsp3) is 0.516. The Morgan fingerprint density at radius 1 is 0.857 bits per heavy atom. The number of urea groups is 1. The van der Waals surface area contributed by atoms with E-state index in [1.165, 1.54) is 15.5 Å².